The van der Waals surface area contributed by atoms with E-state index >= 15 is 0 Å². The lowest BCUT2D eigenvalue weighted by Crippen LogP contribution is -2.50. The molecule has 1 saturated heterocycles. The summed E-state index contributed by atoms with van der Waals surface area (Å²) in [7, 11) is 0. The number of esters is 1. The number of hydrogen-bond acceptors (Lipinski definition) is 6. The Morgan fingerprint density at radius 1 is 1.15 bits per heavy atom. The number of urea groups is 1. The fourth-order valence-electron chi connectivity index (χ4n) is 5.28. The van der Waals surface area contributed by atoms with Gasteiger partial charge in [0, 0.05) is 11.3 Å². The van der Waals surface area contributed by atoms with E-state index in [4.69, 9.17) is 4.74 Å². The van der Waals surface area contributed by atoms with Gasteiger partial charge in [-0.2, -0.15) is 0 Å². The molecule has 3 amide bonds. The fourth-order valence-corrected chi connectivity index (χ4v) is 5.28. The van der Waals surface area contributed by atoms with Crippen LogP contribution in [-0.2, 0) is 14.3 Å². The third-order valence-electron chi connectivity index (χ3n) is 7.31. The molecule has 1 spiro atoms. The number of hydrogen-bond donors (Lipinski definition) is 2. The quantitative estimate of drug-likeness (QED) is 0.370. The second-order valence-corrected chi connectivity index (χ2v) is 10.7. The van der Waals surface area contributed by atoms with Crippen LogP contribution in [0, 0.1) is 25.2 Å². The second kappa shape index (κ2) is 9.00. The highest BCUT2D eigenvalue weighted by Gasteiger charge is 2.53. The lowest BCUT2D eigenvalue weighted by atomic mass is 9.67. The van der Waals surface area contributed by atoms with Gasteiger partial charge in [0.05, 0.1) is 5.69 Å². The number of H-pyrrole nitrogens is 1. The van der Waals surface area contributed by atoms with Crippen LogP contribution in [0.1, 0.15) is 92.4 Å². The first kappa shape index (κ1) is 25.6. The Morgan fingerprint density at radius 2 is 1.74 bits per heavy atom. The van der Waals surface area contributed by atoms with Gasteiger partial charge in [-0.25, -0.2) is 4.79 Å². The number of nitrogens with one attached hydrogen (secondary N) is 2. The van der Waals surface area contributed by atoms with Crippen molar-refractivity contribution in [3.63, 3.8) is 0 Å². The number of nitrogens with zero attached hydrogens (tertiary/aromatic N) is 1. The monoisotopic (exact) mass is 473 g/mol. The Hall–Kier alpha value is -2.97. The molecule has 186 valence electrons. The zero-order chi connectivity index (χ0) is 25.6. The summed E-state index contributed by atoms with van der Waals surface area (Å²) in [5.74, 6) is -1.47. The van der Waals surface area contributed by atoms with Crippen molar-refractivity contribution in [1.82, 2.24) is 15.2 Å². The van der Waals surface area contributed by atoms with E-state index in [0.717, 1.165) is 17.7 Å². The minimum atomic E-state index is -1.15. The number of Topliss-reactive ketones (excluding diaryl/α,β-unsaturated/α-hetero) is 2. The van der Waals surface area contributed by atoms with Crippen molar-refractivity contribution in [3.8, 4) is 0 Å². The zero-order valence-corrected chi connectivity index (χ0v) is 21.1. The molecule has 2 aliphatic rings. The Labute approximate surface area is 200 Å². The average Bonchev–Trinajstić information content (AvgIpc) is 3.14. The molecular formula is C25H35N3O6. The highest BCUT2D eigenvalue weighted by Crippen LogP contribution is 2.43. The van der Waals surface area contributed by atoms with Crippen LogP contribution in [-0.4, -0.2) is 57.5 Å². The maximum absolute atomic E-state index is 13.1. The third kappa shape index (κ3) is 4.65. The van der Waals surface area contributed by atoms with Gasteiger partial charge in [0.1, 0.15) is 12.1 Å². The van der Waals surface area contributed by atoms with Crippen LogP contribution in [0.15, 0.2) is 0 Å². The molecule has 1 atom stereocenters. The number of carbonyl (C=O) groups is 5. The van der Waals surface area contributed by atoms with Crippen molar-refractivity contribution >= 4 is 29.5 Å². The van der Waals surface area contributed by atoms with Gasteiger partial charge in [0.15, 0.2) is 11.9 Å². The normalized spacial score (nSPS) is 23.7. The molecule has 0 bridgehead atoms. The van der Waals surface area contributed by atoms with Crippen LogP contribution in [0.2, 0.25) is 0 Å². The van der Waals surface area contributed by atoms with E-state index in [1.807, 2.05) is 0 Å². The minimum Gasteiger partial charge on any atom is -0.453 e. The van der Waals surface area contributed by atoms with E-state index in [0.29, 0.717) is 35.6 Å². The first-order valence-corrected chi connectivity index (χ1v) is 11.8. The van der Waals surface area contributed by atoms with E-state index in [2.05, 4.69) is 31.1 Å². The minimum absolute atomic E-state index is 0.126. The van der Waals surface area contributed by atoms with Crippen molar-refractivity contribution in [3.05, 3.63) is 22.5 Å². The molecule has 0 unspecified atom stereocenters. The SMILES string of the molecule is CC(=O)c1c(C)[nH]c(C(=O)[C@H](C)OC(=O)CN2C(=O)NC3(CCC(C(C)(C)C)CC3)C2=O)c1C. The van der Waals surface area contributed by atoms with Crippen LogP contribution in [0.3, 0.4) is 0 Å². The maximum Gasteiger partial charge on any atom is 0.326 e. The summed E-state index contributed by atoms with van der Waals surface area (Å²) in [6, 6.07) is -0.614. The van der Waals surface area contributed by atoms with E-state index < -0.39 is 41.9 Å². The molecular weight excluding hydrogens is 438 g/mol. The van der Waals surface area contributed by atoms with Gasteiger partial charge in [-0.3, -0.25) is 24.1 Å². The van der Waals surface area contributed by atoms with Crippen LogP contribution >= 0.6 is 0 Å². The summed E-state index contributed by atoms with van der Waals surface area (Å²) < 4.78 is 5.26. The van der Waals surface area contributed by atoms with Crippen LogP contribution in [0.25, 0.3) is 0 Å². The number of amides is 3. The summed E-state index contributed by atoms with van der Waals surface area (Å²) in [5, 5.41) is 2.80. The summed E-state index contributed by atoms with van der Waals surface area (Å²) in [4.78, 5) is 66.6. The van der Waals surface area contributed by atoms with Crippen molar-refractivity contribution in [2.75, 3.05) is 6.54 Å². The average molecular weight is 474 g/mol. The van der Waals surface area contributed by atoms with E-state index in [9.17, 15) is 24.0 Å². The molecule has 0 aromatic carbocycles. The number of aromatic nitrogens is 1. The number of ketones is 2. The molecule has 34 heavy (non-hydrogen) atoms. The van der Waals surface area contributed by atoms with E-state index in [-0.39, 0.29) is 16.9 Å². The first-order valence-electron chi connectivity index (χ1n) is 11.8. The zero-order valence-electron chi connectivity index (χ0n) is 21.1. The molecule has 1 aliphatic heterocycles. The fraction of sp³-hybridized carbons (Fsp3) is 0.640. The van der Waals surface area contributed by atoms with Crippen molar-refractivity contribution < 1.29 is 28.7 Å². The van der Waals surface area contributed by atoms with Gasteiger partial charge in [-0.1, -0.05) is 20.8 Å². The van der Waals surface area contributed by atoms with Crippen LogP contribution < -0.4 is 5.32 Å². The number of rotatable bonds is 6. The number of imide groups is 1. The number of aryl methyl sites for hydroxylation is 1. The predicted molar refractivity (Wildman–Crippen MR) is 125 cm³/mol. The second-order valence-electron chi connectivity index (χ2n) is 10.7. The molecule has 1 aliphatic carbocycles. The van der Waals surface area contributed by atoms with Gasteiger partial charge in [-0.05, 0) is 70.3 Å². The summed E-state index contributed by atoms with van der Waals surface area (Å²) >= 11 is 0. The Bertz CT molecular complexity index is 1040. The molecule has 9 nitrogen and oxygen atoms in total. The van der Waals surface area contributed by atoms with Gasteiger partial charge in [-0.15, -0.1) is 0 Å². The van der Waals surface area contributed by atoms with Crippen molar-refractivity contribution in [2.24, 2.45) is 11.3 Å². The lowest BCUT2D eigenvalue weighted by Gasteiger charge is -2.40. The number of ether oxygens (including phenoxy) is 1. The van der Waals surface area contributed by atoms with Gasteiger partial charge in [0.2, 0.25) is 5.78 Å². The molecule has 1 aromatic heterocycles. The highest BCUT2D eigenvalue weighted by molar-refractivity contribution is 6.09. The standard InChI is InChI=1S/C25H35N3O6/c1-13-19(15(3)29)14(2)26-20(13)21(31)16(4)34-18(30)12-28-22(32)25(27-23(28)33)10-8-17(9-11-25)24(5,6)7/h16-17,26H,8-12H2,1-7H3,(H,27,33)/t16-,17?,25?/m0/s1. The molecule has 2 N–H and O–H groups in total. The summed E-state index contributed by atoms with van der Waals surface area (Å²) in [6.45, 7) is 12.1. The van der Waals surface area contributed by atoms with Crippen LogP contribution in [0.4, 0.5) is 4.79 Å². The highest BCUT2D eigenvalue weighted by atomic mass is 16.5. The Balaban J connectivity index is 1.63. The largest absolute Gasteiger partial charge is 0.453 e. The van der Waals surface area contributed by atoms with Gasteiger partial charge >= 0.3 is 12.0 Å². The van der Waals surface area contributed by atoms with Crippen molar-refractivity contribution in [2.45, 2.75) is 85.8 Å². The van der Waals surface area contributed by atoms with Gasteiger partial charge in [0.25, 0.3) is 5.91 Å². The van der Waals surface area contributed by atoms with Gasteiger partial charge < -0.3 is 15.0 Å². The molecule has 9 heteroatoms. The number of aromatic amines is 1. The summed E-state index contributed by atoms with van der Waals surface area (Å²) in [5.41, 5.74) is 0.862. The first-order chi connectivity index (χ1) is 15.7. The summed E-state index contributed by atoms with van der Waals surface area (Å²) in [6.07, 6.45) is 1.54. The van der Waals surface area contributed by atoms with E-state index in [1.165, 1.54) is 13.8 Å². The molecule has 1 saturated carbocycles. The van der Waals surface area contributed by atoms with Crippen LogP contribution in [0.5, 0.6) is 0 Å². The molecule has 0 radical (unpaired) electrons. The Morgan fingerprint density at radius 3 is 2.24 bits per heavy atom. The van der Waals surface area contributed by atoms with Crippen molar-refractivity contribution in [1.29, 1.82) is 0 Å². The Kier molecular flexibility index (Phi) is 6.79. The smallest absolute Gasteiger partial charge is 0.326 e. The molecule has 2 fully saturated rings. The lowest BCUT2D eigenvalue weighted by molar-refractivity contribution is -0.150. The predicted octanol–water partition coefficient (Wildman–Crippen LogP) is 3.48. The third-order valence-corrected chi connectivity index (χ3v) is 7.31. The molecule has 3 rings (SSSR count). The molecule has 1 aromatic rings. The number of carbonyl (C=O) groups excluding carboxylic acids is 5. The topological polar surface area (TPSA) is 126 Å². The van der Waals surface area contributed by atoms with E-state index in [1.54, 1.807) is 13.8 Å². The maximum atomic E-state index is 13.1. The molecule has 2 heterocycles.